The second-order valence-electron chi connectivity index (χ2n) is 2.88. The first-order chi connectivity index (χ1) is 7.25. The third-order valence-electron chi connectivity index (χ3n) is 1.78. The highest BCUT2D eigenvalue weighted by molar-refractivity contribution is 7.99. The second kappa shape index (κ2) is 4.55. The summed E-state index contributed by atoms with van der Waals surface area (Å²) in [6, 6.07) is 10.7. The highest BCUT2D eigenvalue weighted by atomic mass is 35.5. The van der Waals surface area contributed by atoms with Crippen molar-refractivity contribution in [1.82, 2.24) is 4.98 Å². The average molecular weight is 238 g/mol. The van der Waals surface area contributed by atoms with E-state index in [-0.39, 0.29) is 5.75 Å². The summed E-state index contributed by atoms with van der Waals surface area (Å²) < 4.78 is 0. The molecule has 1 aromatic heterocycles. The maximum atomic E-state index is 9.55. The molecule has 0 fully saturated rings. The van der Waals surface area contributed by atoms with E-state index in [1.54, 1.807) is 24.4 Å². The van der Waals surface area contributed by atoms with Gasteiger partial charge in [0.2, 0.25) is 0 Å². The van der Waals surface area contributed by atoms with Crippen LogP contribution in [0, 0.1) is 0 Å². The Kier molecular flexibility index (Phi) is 3.14. The van der Waals surface area contributed by atoms with E-state index >= 15 is 0 Å². The topological polar surface area (TPSA) is 33.1 Å². The van der Waals surface area contributed by atoms with Gasteiger partial charge in [-0.1, -0.05) is 35.5 Å². The van der Waals surface area contributed by atoms with Crippen molar-refractivity contribution in [3.05, 3.63) is 47.6 Å². The number of pyridine rings is 1. The van der Waals surface area contributed by atoms with Crippen LogP contribution in [0.1, 0.15) is 0 Å². The van der Waals surface area contributed by atoms with E-state index in [1.165, 1.54) is 11.8 Å². The minimum absolute atomic E-state index is 0.263. The lowest BCUT2D eigenvalue weighted by atomic mass is 10.3. The molecular formula is C11H8ClNOS. The quantitative estimate of drug-likeness (QED) is 0.867. The summed E-state index contributed by atoms with van der Waals surface area (Å²) in [5.41, 5.74) is 0. The van der Waals surface area contributed by atoms with Gasteiger partial charge in [-0.3, -0.25) is 0 Å². The molecule has 15 heavy (non-hydrogen) atoms. The fourth-order valence-corrected chi connectivity index (χ4v) is 1.98. The molecule has 0 radical (unpaired) electrons. The maximum absolute atomic E-state index is 9.55. The van der Waals surface area contributed by atoms with Crippen LogP contribution in [-0.2, 0) is 0 Å². The van der Waals surface area contributed by atoms with Crippen LogP contribution in [0.2, 0.25) is 5.02 Å². The zero-order valence-corrected chi connectivity index (χ0v) is 9.29. The zero-order chi connectivity index (χ0) is 10.7. The third-order valence-corrected chi connectivity index (χ3v) is 3.02. The number of rotatable bonds is 2. The zero-order valence-electron chi connectivity index (χ0n) is 7.72. The SMILES string of the molecule is Oc1ccccc1Sc1ccc(Cl)cn1. The summed E-state index contributed by atoms with van der Waals surface area (Å²) in [7, 11) is 0. The van der Waals surface area contributed by atoms with Gasteiger partial charge in [-0.15, -0.1) is 0 Å². The molecule has 1 heterocycles. The number of hydrogen-bond acceptors (Lipinski definition) is 3. The normalized spacial score (nSPS) is 10.2. The molecular weight excluding hydrogens is 230 g/mol. The van der Waals surface area contributed by atoms with E-state index < -0.39 is 0 Å². The van der Waals surface area contributed by atoms with Crippen LogP contribution < -0.4 is 0 Å². The summed E-state index contributed by atoms with van der Waals surface area (Å²) in [4.78, 5) is 4.92. The molecule has 0 atom stereocenters. The molecule has 2 nitrogen and oxygen atoms in total. The number of halogens is 1. The van der Waals surface area contributed by atoms with Crippen LogP contribution in [0.15, 0.2) is 52.5 Å². The molecule has 0 bridgehead atoms. The first-order valence-corrected chi connectivity index (χ1v) is 5.52. The molecule has 0 spiro atoms. The van der Waals surface area contributed by atoms with Gasteiger partial charge in [0.15, 0.2) is 0 Å². The Morgan fingerprint density at radius 3 is 2.60 bits per heavy atom. The summed E-state index contributed by atoms with van der Waals surface area (Å²) in [5.74, 6) is 0.263. The van der Waals surface area contributed by atoms with Crippen LogP contribution in [0.3, 0.4) is 0 Å². The smallest absolute Gasteiger partial charge is 0.129 e. The van der Waals surface area contributed by atoms with Gasteiger partial charge in [0.05, 0.1) is 9.92 Å². The summed E-state index contributed by atoms with van der Waals surface area (Å²) in [6.45, 7) is 0. The van der Waals surface area contributed by atoms with E-state index in [0.29, 0.717) is 5.02 Å². The number of phenols is 1. The number of phenolic OH excluding ortho intramolecular Hbond substituents is 1. The lowest BCUT2D eigenvalue weighted by molar-refractivity contribution is 0.462. The largest absolute Gasteiger partial charge is 0.507 e. The van der Waals surface area contributed by atoms with E-state index in [9.17, 15) is 5.11 Å². The van der Waals surface area contributed by atoms with Gasteiger partial charge in [-0.2, -0.15) is 0 Å². The standard InChI is InChI=1S/C11H8ClNOS/c12-8-5-6-11(13-7-8)15-10-4-2-1-3-9(10)14/h1-7,14H. The number of aromatic nitrogens is 1. The highest BCUT2D eigenvalue weighted by Gasteiger charge is 2.02. The first kappa shape index (κ1) is 10.3. The van der Waals surface area contributed by atoms with Crippen molar-refractivity contribution >= 4 is 23.4 Å². The van der Waals surface area contributed by atoms with Crippen molar-refractivity contribution in [2.45, 2.75) is 9.92 Å². The number of benzene rings is 1. The van der Waals surface area contributed by atoms with Crippen molar-refractivity contribution in [3.8, 4) is 5.75 Å². The van der Waals surface area contributed by atoms with Gasteiger partial charge in [-0.25, -0.2) is 4.98 Å². The Labute approximate surface area is 96.9 Å². The van der Waals surface area contributed by atoms with Crippen molar-refractivity contribution < 1.29 is 5.11 Å². The van der Waals surface area contributed by atoms with Crippen LogP contribution in [-0.4, -0.2) is 10.1 Å². The monoisotopic (exact) mass is 237 g/mol. The lowest BCUT2D eigenvalue weighted by Gasteiger charge is -2.02. The Balaban J connectivity index is 2.22. The van der Waals surface area contributed by atoms with Crippen LogP contribution >= 0.6 is 23.4 Å². The molecule has 0 aliphatic rings. The van der Waals surface area contributed by atoms with Gasteiger partial charge in [0, 0.05) is 6.20 Å². The lowest BCUT2D eigenvalue weighted by Crippen LogP contribution is -1.79. The average Bonchev–Trinajstić information content (AvgIpc) is 2.25. The Bertz CT molecular complexity index is 458. The van der Waals surface area contributed by atoms with E-state index in [0.717, 1.165) is 9.92 Å². The fourth-order valence-electron chi connectivity index (χ4n) is 1.08. The third kappa shape index (κ3) is 2.64. The Morgan fingerprint density at radius 1 is 1.13 bits per heavy atom. The predicted molar refractivity (Wildman–Crippen MR) is 61.5 cm³/mol. The fraction of sp³-hybridized carbons (Fsp3) is 0. The second-order valence-corrected chi connectivity index (χ2v) is 4.38. The molecule has 0 amide bonds. The number of hydrogen-bond donors (Lipinski definition) is 1. The molecule has 0 aliphatic carbocycles. The van der Waals surface area contributed by atoms with E-state index in [1.807, 2.05) is 18.2 Å². The molecule has 0 aliphatic heterocycles. The van der Waals surface area contributed by atoms with Gasteiger partial charge in [0.1, 0.15) is 10.8 Å². The van der Waals surface area contributed by atoms with E-state index in [2.05, 4.69) is 4.98 Å². The molecule has 2 aromatic rings. The van der Waals surface area contributed by atoms with Gasteiger partial charge >= 0.3 is 0 Å². The minimum Gasteiger partial charge on any atom is -0.507 e. The molecule has 4 heteroatoms. The molecule has 0 saturated heterocycles. The highest BCUT2D eigenvalue weighted by Crippen LogP contribution is 2.32. The van der Waals surface area contributed by atoms with Crippen molar-refractivity contribution in [1.29, 1.82) is 0 Å². The molecule has 76 valence electrons. The van der Waals surface area contributed by atoms with Gasteiger partial charge in [-0.05, 0) is 24.3 Å². The van der Waals surface area contributed by atoms with Crippen molar-refractivity contribution in [3.63, 3.8) is 0 Å². The summed E-state index contributed by atoms with van der Waals surface area (Å²) in [6.07, 6.45) is 1.59. The van der Waals surface area contributed by atoms with Crippen LogP contribution in [0.5, 0.6) is 5.75 Å². The van der Waals surface area contributed by atoms with E-state index in [4.69, 9.17) is 11.6 Å². The molecule has 1 N–H and O–H groups in total. The van der Waals surface area contributed by atoms with Crippen molar-refractivity contribution in [2.75, 3.05) is 0 Å². The number of aromatic hydroxyl groups is 1. The molecule has 1 aromatic carbocycles. The number of para-hydroxylation sites is 1. The summed E-state index contributed by atoms with van der Waals surface area (Å²) >= 11 is 7.13. The Morgan fingerprint density at radius 2 is 1.93 bits per heavy atom. The molecule has 2 rings (SSSR count). The predicted octanol–water partition coefficient (Wildman–Crippen LogP) is 3.59. The Hall–Kier alpha value is -1.19. The van der Waals surface area contributed by atoms with Gasteiger partial charge < -0.3 is 5.11 Å². The number of nitrogens with zero attached hydrogens (tertiary/aromatic N) is 1. The maximum Gasteiger partial charge on any atom is 0.129 e. The van der Waals surface area contributed by atoms with Gasteiger partial charge in [0.25, 0.3) is 0 Å². The van der Waals surface area contributed by atoms with Crippen molar-refractivity contribution in [2.24, 2.45) is 0 Å². The van der Waals surface area contributed by atoms with Crippen LogP contribution in [0.25, 0.3) is 0 Å². The minimum atomic E-state index is 0.263. The summed E-state index contributed by atoms with van der Waals surface area (Å²) in [5, 5.41) is 11.0. The molecule has 0 unspecified atom stereocenters. The van der Waals surface area contributed by atoms with Crippen LogP contribution in [0.4, 0.5) is 0 Å². The first-order valence-electron chi connectivity index (χ1n) is 4.33. The molecule has 0 saturated carbocycles.